The molecule has 1 amide bonds. The van der Waals surface area contributed by atoms with Crippen molar-refractivity contribution in [2.45, 2.75) is 19.8 Å². The Labute approximate surface area is 153 Å². The Morgan fingerprint density at radius 1 is 1.19 bits per heavy atom. The summed E-state index contributed by atoms with van der Waals surface area (Å²) in [7, 11) is 3.99. The monoisotopic (exact) mass is 359 g/mol. The van der Waals surface area contributed by atoms with Crippen molar-refractivity contribution in [3.63, 3.8) is 0 Å². The molecular weight excluding hydrogens is 333 g/mol. The lowest BCUT2D eigenvalue weighted by molar-refractivity contribution is 0.0947. The fourth-order valence-electron chi connectivity index (χ4n) is 2.49. The minimum Gasteiger partial charge on any atom is -0.370 e. The first-order valence-electron chi connectivity index (χ1n) is 8.71. The number of nitrogens with zero attached hydrogens (tertiary/aromatic N) is 3. The minimum absolute atomic E-state index is 0.216. The van der Waals surface area contributed by atoms with Gasteiger partial charge in [0.1, 0.15) is 23.2 Å². The summed E-state index contributed by atoms with van der Waals surface area (Å²) >= 11 is 0. The number of anilines is 1. The lowest BCUT2D eigenvalue weighted by atomic mass is 10.1. The van der Waals surface area contributed by atoms with E-state index in [4.69, 9.17) is 0 Å². The molecule has 2 N–H and O–H groups in total. The van der Waals surface area contributed by atoms with Crippen molar-refractivity contribution in [3.8, 4) is 0 Å². The maximum Gasteiger partial charge on any atom is 0.270 e. The van der Waals surface area contributed by atoms with Crippen LogP contribution >= 0.6 is 0 Å². The SMILES string of the molecule is Cc1nc(NCCc2ccccc2F)cc(C(=O)NCCCN(C)C)n1. The average Bonchev–Trinajstić information content (AvgIpc) is 2.59. The maximum atomic E-state index is 13.6. The summed E-state index contributed by atoms with van der Waals surface area (Å²) in [6.07, 6.45) is 1.40. The number of benzene rings is 1. The van der Waals surface area contributed by atoms with E-state index in [1.165, 1.54) is 6.07 Å². The fourth-order valence-corrected chi connectivity index (χ4v) is 2.49. The third-order valence-corrected chi connectivity index (χ3v) is 3.80. The van der Waals surface area contributed by atoms with Crippen LogP contribution < -0.4 is 10.6 Å². The van der Waals surface area contributed by atoms with Gasteiger partial charge in [-0.15, -0.1) is 0 Å². The van der Waals surface area contributed by atoms with Gasteiger partial charge >= 0.3 is 0 Å². The van der Waals surface area contributed by atoms with Crippen LogP contribution in [-0.4, -0.2) is 54.5 Å². The highest BCUT2D eigenvalue weighted by Crippen LogP contribution is 2.10. The number of aromatic nitrogens is 2. The zero-order chi connectivity index (χ0) is 18.9. The third-order valence-electron chi connectivity index (χ3n) is 3.80. The van der Waals surface area contributed by atoms with E-state index >= 15 is 0 Å². The molecule has 0 bridgehead atoms. The first kappa shape index (κ1) is 19.8. The molecule has 0 fully saturated rings. The molecule has 0 saturated carbocycles. The lowest BCUT2D eigenvalue weighted by Crippen LogP contribution is -2.28. The van der Waals surface area contributed by atoms with E-state index < -0.39 is 0 Å². The molecule has 0 spiro atoms. The molecule has 6 nitrogen and oxygen atoms in total. The normalized spacial score (nSPS) is 10.8. The Hall–Kier alpha value is -2.54. The number of hydrogen-bond acceptors (Lipinski definition) is 5. The van der Waals surface area contributed by atoms with Crippen LogP contribution in [0.1, 0.15) is 28.3 Å². The highest BCUT2D eigenvalue weighted by atomic mass is 19.1. The van der Waals surface area contributed by atoms with E-state index in [2.05, 4.69) is 25.5 Å². The van der Waals surface area contributed by atoms with Crippen LogP contribution in [0.15, 0.2) is 30.3 Å². The van der Waals surface area contributed by atoms with Gasteiger partial charge < -0.3 is 15.5 Å². The van der Waals surface area contributed by atoms with Crippen LogP contribution in [0, 0.1) is 12.7 Å². The van der Waals surface area contributed by atoms with E-state index in [1.54, 1.807) is 25.1 Å². The second kappa shape index (κ2) is 9.82. The number of nitrogens with one attached hydrogen (secondary N) is 2. The topological polar surface area (TPSA) is 70.2 Å². The summed E-state index contributed by atoms with van der Waals surface area (Å²) in [5, 5.41) is 6.00. The van der Waals surface area contributed by atoms with Gasteiger partial charge in [-0.25, -0.2) is 14.4 Å². The van der Waals surface area contributed by atoms with Gasteiger partial charge in [0.05, 0.1) is 0 Å². The molecule has 1 aromatic carbocycles. The predicted molar refractivity (Wildman–Crippen MR) is 101 cm³/mol. The van der Waals surface area contributed by atoms with Crippen LogP contribution in [0.3, 0.4) is 0 Å². The summed E-state index contributed by atoms with van der Waals surface area (Å²) in [5.74, 6) is 0.643. The van der Waals surface area contributed by atoms with Gasteiger partial charge in [-0.05, 0) is 52.0 Å². The van der Waals surface area contributed by atoms with Crippen molar-refractivity contribution in [1.82, 2.24) is 20.2 Å². The van der Waals surface area contributed by atoms with E-state index in [0.717, 1.165) is 13.0 Å². The van der Waals surface area contributed by atoms with Crippen LogP contribution in [0.2, 0.25) is 0 Å². The molecule has 0 aliphatic rings. The summed E-state index contributed by atoms with van der Waals surface area (Å²) < 4.78 is 13.6. The second-order valence-electron chi connectivity index (χ2n) is 6.37. The highest BCUT2D eigenvalue weighted by Gasteiger charge is 2.10. The van der Waals surface area contributed by atoms with Gasteiger partial charge in [0.15, 0.2) is 0 Å². The largest absolute Gasteiger partial charge is 0.370 e. The molecule has 2 aromatic rings. The number of hydrogen-bond donors (Lipinski definition) is 2. The lowest BCUT2D eigenvalue weighted by Gasteiger charge is -2.11. The van der Waals surface area contributed by atoms with Crippen molar-refractivity contribution < 1.29 is 9.18 Å². The molecule has 2 rings (SSSR count). The predicted octanol–water partition coefficient (Wildman–Crippen LogP) is 2.26. The van der Waals surface area contributed by atoms with Gasteiger partial charge in [0.2, 0.25) is 0 Å². The molecule has 1 aromatic heterocycles. The highest BCUT2D eigenvalue weighted by molar-refractivity contribution is 5.92. The number of carbonyl (C=O) groups excluding carboxylic acids is 1. The Morgan fingerprint density at radius 2 is 1.96 bits per heavy atom. The molecule has 0 saturated heterocycles. The minimum atomic E-state index is -0.217. The van der Waals surface area contributed by atoms with E-state index in [1.807, 2.05) is 20.2 Å². The van der Waals surface area contributed by atoms with Crippen molar-refractivity contribution in [3.05, 3.63) is 53.2 Å². The van der Waals surface area contributed by atoms with Crippen molar-refractivity contribution in [2.75, 3.05) is 39.0 Å². The zero-order valence-electron chi connectivity index (χ0n) is 15.6. The van der Waals surface area contributed by atoms with E-state index in [9.17, 15) is 9.18 Å². The van der Waals surface area contributed by atoms with Gasteiger partial charge in [-0.1, -0.05) is 18.2 Å². The van der Waals surface area contributed by atoms with Gasteiger partial charge in [0.25, 0.3) is 5.91 Å². The van der Waals surface area contributed by atoms with Crippen LogP contribution in [-0.2, 0) is 6.42 Å². The molecular formula is C19H26FN5O. The van der Waals surface area contributed by atoms with Crippen molar-refractivity contribution in [1.29, 1.82) is 0 Å². The second-order valence-corrected chi connectivity index (χ2v) is 6.37. The number of halogens is 1. The van der Waals surface area contributed by atoms with Gasteiger partial charge in [0, 0.05) is 19.2 Å². The molecule has 0 aliphatic carbocycles. The molecule has 140 valence electrons. The number of aryl methyl sites for hydroxylation is 1. The standard InChI is InChI=1S/C19H26FN5O/c1-14-23-17(19(26)22-10-6-12-25(2)3)13-18(24-14)21-11-9-15-7-4-5-8-16(15)20/h4-5,7-8,13H,6,9-12H2,1-3H3,(H,22,26)(H,21,23,24). The molecule has 0 radical (unpaired) electrons. The Morgan fingerprint density at radius 3 is 2.69 bits per heavy atom. The average molecular weight is 359 g/mol. The number of amides is 1. The van der Waals surface area contributed by atoms with Crippen LogP contribution in [0.25, 0.3) is 0 Å². The number of carbonyl (C=O) groups is 1. The first-order chi connectivity index (χ1) is 12.5. The Kier molecular flexibility index (Phi) is 7.47. The summed E-state index contributed by atoms with van der Waals surface area (Å²) in [6.45, 7) is 3.76. The molecule has 1 heterocycles. The fraction of sp³-hybridized carbons (Fsp3) is 0.421. The molecule has 0 atom stereocenters. The smallest absolute Gasteiger partial charge is 0.270 e. The van der Waals surface area contributed by atoms with Gasteiger partial charge in [-0.3, -0.25) is 4.79 Å². The van der Waals surface area contributed by atoms with Crippen LogP contribution in [0.5, 0.6) is 0 Å². The summed E-state index contributed by atoms with van der Waals surface area (Å²) in [6, 6.07) is 8.31. The summed E-state index contributed by atoms with van der Waals surface area (Å²) in [5.41, 5.74) is 0.973. The Balaban J connectivity index is 1.89. The van der Waals surface area contributed by atoms with Crippen molar-refractivity contribution >= 4 is 11.7 Å². The number of rotatable bonds is 9. The van der Waals surface area contributed by atoms with Crippen molar-refractivity contribution in [2.24, 2.45) is 0 Å². The van der Waals surface area contributed by atoms with Crippen LogP contribution in [0.4, 0.5) is 10.2 Å². The van der Waals surface area contributed by atoms with Gasteiger partial charge in [-0.2, -0.15) is 0 Å². The molecule has 0 aliphatic heterocycles. The molecule has 26 heavy (non-hydrogen) atoms. The third kappa shape index (κ3) is 6.40. The van der Waals surface area contributed by atoms with E-state index in [-0.39, 0.29) is 11.7 Å². The zero-order valence-corrected chi connectivity index (χ0v) is 15.6. The molecule has 0 unspecified atom stereocenters. The first-order valence-corrected chi connectivity index (χ1v) is 8.71. The quantitative estimate of drug-likeness (QED) is 0.672. The van der Waals surface area contributed by atoms with E-state index in [0.29, 0.717) is 42.4 Å². The molecule has 7 heteroatoms. The maximum absolute atomic E-state index is 13.6. The Bertz CT molecular complexity index is 736. The summed E-state index contributed by atoms with van der Waals surface area (Å²) in [4.78, 5) is 22.8.